The molecule has 9 nitrogen and oxygen atoms in total. The van der Waals surface area contributed by atoms with E-state index in [1.54, 1.807) is 4.68 Å². The van der Waals surface area contributed by atoms with Gasteiger partial charge in [0.25, 0.3) is 0 Å². The van der Waals surface area contributed by atoms with Gasteiger partial charge in [-0.3, -0.25) is 9.36 Å². The van der Waals surface area contributed by atoms with Crippen LogP contribution in [0.3, 0.4) is 0 Å². The van der Waals surface area contributed by atoms with Crippen LogP contribution in [-0.4, -0.2) is 42.1 Å². The number of nitrogens with zero attached hydrogens (tertiary/aromatic N) is 7. The smallest absolute Gasteiger partial charge is 0.224 e. The number of aryl methyl sites for hydroxylation is 2. The highest BCUT2D eigenvalue weighted by atomic mass is 15.3. The third-order valence-electron chi connectivity index (χ3n) is 8.30. The van der Waals surface area contributed by atoms with Crippen molar-refractivity contribution in [2.45, 2.75) is 71.0 Å². The second-order valence-corrected chi connectivity index (χ2v) is 10.3. The van der Waals surface area contributed by atoms with Gasteiger partial charge in [0, 0.05) is 50.4 Å². The van der Waals surface area contributed by atoms with Gasteiger partial charge in [-0.1, -0.05) is 6.42 Å². The fourth-order valence-corrected chi connectivity index (χ4v) is 6.58. The Hall–Kier alpha value is -2.68. The predicted octanol–water partition coefficient (Wildman–Crippen LogP) is 2.31. The molecule has 6 rings (SSSR count). The Morgan fingerprint density at radius 3 is 2.97 bits per heavy atom. The van der Waals surface area contributed by atoms with Crippen LogP contribution in [0.25, 0.3) is 11.0 Å². The molecule has 1 aliphatic heterocycles. The van der Waals surface area contributed by atoms with E-state index in [9.17, 15) is 0 Å². The molecule has 0 saturated heterocycles. The zero-order valence-electron chi connectivity index (χ0n) is 19.1. The summed E-state index contributed by atoms with van der Waals surface area (Å²) in [5.74, 6) is 1.86. The number of aromatic nitrogens is 6. The average molecular weight is 436 g/mol. The Kier molecular flexibility index (Phi) is 4.47. The molecular weight excluding hydrogens is 402 g/mol. The van der Waals surface area contributed by atoms with E-state index in [0.29, 0.717) is 17.4 Å². The molecule has 3 aromatic rings. The summed E-state index contributed by atoms with van der Waals surface area (Å²) in [6, 6.07) is 0.398. The molecule has 170 valence electrons. The Balaban J connectivity index is 1.30. The first-order valence-electron chi connectivity index (χ1n) is 11.9. The Morgan fingerprint density at radius 2 is 2.09 bits per heavy atom. The first-order valence-corrected chi connectivity index (χ1v) is 11.9. The minimum Gasteiger partial charge on any atom is -0.368 e. The number of rotatable bonds is 3. The van der Waals surface area contributed by atoms with Crippen LogP contribution in [0.4, 0.5) is 11.8 Å². The maximum Gasteiger partial charge on any atom is 0.224 e. The largest absolute Gasteiger partial charge is 0.368 e. The van der Waals surface area contributed by atoms with E-state index in [-0.39, 0.29) is 5.95 Å². The van der Waals surface area contributed by atoms with Crippen molar-refractivity contribution >= 4 is 22.8 Å². The summed E-state index contributed by atoms with van der Waals surface area (Å²) in [6.07, 6.45) is 10.4. The predicted molar refractivity (Wildman–Crippen MR) is 124 cm³/mol. The number of nitrogens with two attached hydrogens (primary N) is 2. The van der Waals surface area contributed by atoms with Crippen molar-refractivity contribution in [3.63, 3.8) is 0 Å². The lowest BCUT2D eigenvalue weighted by Gasteiger charge is -2.48. The third-order valence-corrected chi connectivity index (χ3v) is 8.30. The lowest BCUT2D eigenvalue weighted by Crippen LogP contribution is -2.46. The molecule has 3 atom stereocenters. The van der Waals surface area contributed by atoms with Crippen molar-refractivity contribution in [2.75, 3.05) is 17.2 Å². The van der Waals surface area contributed by atoms with E-state index >= 15 is 0 Å². The van der Waals surface area contributed by atoms with Crippen molar-refractivity contribution in [1.82, 2.24) is 29.5 Å². The first kappa shape index (κ1) is 20.0. The summed E-state index contributed by atoms with van der Waals surface area (Å²) in [5, 5.41) is 10.4. The molecule has 2 saturated carbocycles. The minimum atomic E-state index is 0.288. The van der Waals surface area contributed by atoms with E-state index in [2.05, 4.69) is 31.6 Å². The maximum absolute atomic E-state index is 6.42. The summed E-state index contributed by atoms with van der Waals surface area (Å²) in [7, 11) is 1.88. The van der Waals surface area contributed by atoms with Crippen LogP contribution in [0.1, 0.15) is 55.5 Å². The van der Waals surface area contributed by atoms with Gasteiger partial charge >= 0.3 is 0 Å². The van der Waals surface area contributed by atoms with Crippen LogP contribution in [-0.2, 0) is 26.6 Å². The molecule has 2 bridgehead atoms. The molecule has 3 aliphatic rings. The number of fused-ring (bicyclic) bond motifs is 4. The molecule has 2 fully saturated rings. The number of anilines is 2. The van der Waals surface area contributed by atoms with Crippen LogP contribution in [0.15, 0.2) is 6.20 Å². The highest BCUT2D eigenvalue weighted by Crippen LogP contribution is 2.49. The summed E-state index contributed by atoms with van der Waals surface area (Å²) in [5.41, 5.74) is 17.5. The second-order valence-electron chi connectivity index (χ2n) is 10.3. The normalized spacial score (nSPS) is 27.7. The van der Waals surface area contributed by atoms with Gasteiger partial charge in [0.2, 0.25) is 5.95 Å². The van der Waals surface area contributed by atoms with Gasteiger partial charge in [-0.05, 0) is 50.4 Å². The Bertz CT molecular complexity index is 1180. The summed E-state index contributed by atoms with van der Waals surface area (Å²) >= 11 is 0. The lowest BCUT2D eigenvalue weighted by molar-refractivity contribution is 0.0423. The van der Waals surface area contributed by atoms with Gasteiger partial charge in [-0.15, -0.1) is 0 Å². The Morgan fingerprint density at radius 1 is 1.22 bits per heavy atom. The van der Waals surface area contributed by atoms with Gasteiger partial charge < -0.3 is 16.4 Å². The number of nitrogen functional groups attached to an aromatic ring is 1. The molecule has 0 radical (unpaired) electrons. The minimum absolute atomic E-state index is 0.288. The lowest BCUT2D eigenvalue weighted by atomic mass is 9.60. The first-order chi connectivity index (χ1) is 15.4. The van der Waals surface area contributed by atoms with Crippen LogP contribution in [0, 0.1) is 18.3 Å². The highest BCUT2D eigenvalue weighted by molar-refractivity contribution is 5.88. The van der Waals surface area contributed by atoms with Crippen LogP contribution in [0.5, 0.6) is 0 Å². The van der Waals surface area contributed by atoms with Crippen molar-refractivity contribution in [2.24, 2.45) is 24.1 Å². The van der Waals surface area contributed by atoms with E-state index in [1.807, 2.05) is 13.2 Å². The van der Waals surface area contributed by atoms with Crippen LogP contribution in [0.2, 0.25) is 0 Å². The second kappa shape index (κ2) is 7.16. The maximum atomic E-state index is 6.42. The number of hydrogen-bond acceptors (Lipinski definition) is 7. The van der Waals surface area contributed by atoms with E-state index < -0.39 is 0 Å². The van der Waals surface area contributed by atoms with Crippen LogP contribution < -0.4 is 16.4 Å². The van der Waals surface area contributed by atoms with Gasteiger partial charge in [-0.2, -0.15) is 20.2 Å². The molecule has 3 unspecified atom stereocenters. The standard InChI is InChI=1S/C23H33N9/c1-14-17-12-31(21-16-11-26-30(2)20(16)27-22(25)28-21)9-6-19(17)32(29-14)13-23-7-3-4-15(10-23)18(24)5-8-23/h11,15,18H,3-10,12-13,24H2,1-2H3,(H2,25,27,28). The molecule has 2 aliphatic carbocycles. The summed E-state index contributed by atoms with van der Waals surface area (Å²) < 4.78 is 4.09. The summed E-state index contributed by atoms with van der Waals surface area (Å²) in [6.45, 7) is 4.87. The van der Waals surface area contributed by atoms with Crippen molar-refractivity contribution in [3.8, 4) is 0 Å². The molecule has 9 heteroatoms. The van der Waals surface area contributed by atoms with Gasteiger partial charge in [0.1, 0.15) is 5.82 Å². The fraction of sp³-hybridized carbons (Fsp3) is 0.652. The van der Waals surface area contributed by atoms with Gasteiger partial charge in [-0.25, -0.2) is 0 Å². The molecule has 0 amide bonds. The van der Waals surface area contributed by atoms with E-state index in [0.717, 1.165) is 55.0 Å². The molecule has 3 aromatic heterocycles. The van der Waals surface area contributed by atoms with E-state index in [1.165, 1.54) is 43.4 Å². The van der Waals surface area contributed by atoms with Gasteiger partial charge in [0.15, 0.2) is 5.65 Å². The SMILES string of the molecule is Cc1nn(CC23CCCC(C2)C(N)CC3)c2c1CN(c1nc(N)nc3c1cnn3C)CC2. The third kappa shape index (κ3) is 3.09. The molecule has 4 heterocycles. The summed E-state index contributed by atoms with van der Waals surface area (Å²) in [4.78, 5) is 11.3. The fourth-order valence-electron chi connectivity index (χ4n) is 6.58. The van der Waals surface area contributed by atoms with Crippen molar-refractivity contribution in [1.29, 1.82) is 0 Å². The van der Waals surface area contributed by atoms with Crippen LogP contribution >= 0.6 is 0 Å². The monoisotopic (exact) mass is 435 g/mol. The molecule has 0 aromatic carbocycles. The molecule has 32 heavy (non-hydrogen) atoms. The Labute approximate surface area is 188 Å². The van der Waals surface area contributed by atoms with E-state index in [4.69, 9.17) is 16.6 Å². The molecule has 4 N–H and O–H groups in total. The van der Waals surface area contributed by atoms with Gasteiger partial charge in [0.05, 0.1) is 17.3 Å². The zero-order chi connectivity index (χ0) is 22.0. The highest BCUT2D eigenvalue weighted by Gasteiger charge is 2.43. The molecule has 0 spiro atoms. The molecular formula is C23H33N9. The topological polar surface area (TPSA) is 117 Å². The van der Waals surface area contributed by atoms with Crippen molar-refractivity contribution < 1.29 is 0 Å². The van der Waals surface area contributed by atoms with Crippen molar-refractivity contribution in [3.05, 3.63) is 23.1 Å². The average Bonchev–Trinajstić information content (AvgIpc) is 3.30. The quantitative estimate of drug-likeness (QED) is 0.648. The zero-order valence-corrected chi connectivity index (χ0v) is 19.1. The number of hydrogen-bond donors (Lipinski definition) is 2.